The molecular weight excluding hydrogens is 372 g/mol. The number of hydrogen-bond donors (Lipinski definition) is 1. The second kappa shape index (κ2) is 7.24. The number of piperidine rings is 1. The maximum Gasteiger partial charge on any atom is 0.245 e. The number of amides is 2. The van der Waals surface area contributed by atoms with Crippen molar-refractivity contribution in [2.45, 2.75) is 105 Å². The molecule has 0 aromatic heterocycles. The van der Waals surface area contributed by atoms with E-state index in [0.29, 0.717) is 17.4 Å². The number of carbonyl (C=O) groups is 2. The maximum atomic E-state index is 13.2. The molecule has 8 atom stereocenters. The number of carbonyl (C=O) groups excluding carboxylic acids is 2. The third kappa shape index (κ3) is 3.14. The highest BCUT2D eigenvalue weighted by molar-refractivity contribution is 5.90. The Balaban J connectivity index is 1.60. The van der Waals surface area contributed by atoms with Gasteiger partial charge in [-0.2, -0.15) is 0 Å². The van der Waals surface area contributed by atoms with Gasteiger partial charge in [-0.1, -0.05) is 48.0 Å². The minimum atomic E-state index is -0.475. The summed E-state index contributed by atoms with van der Waals surface area (Å²) < 4.78 is 0. The molecule has 30 heavy (non-hydrogen) atoms. The van der Waals surface area contributed by atoms with Gasteiger partial charge in [0.25, 0.3) is 0 Å². The fourth-order valence-corrected chi connectivity index (χ4v) is 8.55. The van der Waals surface area contributed by atoms with Gasteiger partial charge in [0, 0.05) is 18.5 Å². The minimum Gasteiger partial charge on any atom is -0.344 e. The van der Waals surface area contributed by atoms with Gasteiger partial charge < -0.3 is 10.2 Å². The molecular formula is C26H44N2O2. The van der Waals surface area contributed by atoms with Crippen molar-refractivity contribution in [3.63, 3.8) is 0 Å². The van der Waals surface area contributed by atoms with E-state index in [-0.39, 0.29) is 23.3 Å². The van der Waals surface area contributed by atoms with Crippen LogP contribution in [0.1, 0.15) is 92.9 Å². The molecule has 170 valence electrons. The van der Waals surface area contributed by atoms with Crippen molar-refractivity contribution in [2.24, 2.45) is 39.9 Å². The molecule has 0 aromatic rings. The zero-order chi connectivity index (χ0) is 22.1. The SMILES string of the molecule is CC[C@H]1CC[C@H]2[C@@H]3CC[C@H]4N(C)C(=O)C(NC(=O)C(C)(C)C)C[C@]4(C)[C@H]3CC[C@]12C. The van der Waals surface area contributed by atoms with Crippen molar-refractivity contribution in [2.75, 3.05) is 7.05 Å². The van der Waals surface area contributed by atoms with E-state index in [0.717, 1.165) is 30.6 Å². The largest absolute Gasteiger partial charge is 0.344 e. The third-order valence-electron chi connectivity index (χ3n) is 10.3. The normalized spacial score (nSPS) is 46.1. The number of nitrogens with zero attached hydrogens (tertiary/aromatic N) is 1. The summed E-state index contributed by atoms with van der Waals surface area (Å²) in [5, 5.41) is 3.13. The number of nitrogens with one attached hydrogen (secondary N) is 1. The van der Waals surface area contributed by atoms with E-state index in [1.807, 2.05) is 32.7 Å². The molecule has 3 saturated carbocycles. The number of likely N-dealkylation sites (tertiary alicyclic amines) is 1. The second-order valence-electron chi connectivity index (χ2n) is 12.6. The lowest BCUT2D eigenvalue weighted by atomic mass is 9.46. The fourth-order valence-electron chi connectivity index (χ4n) is 8.55. The molecule has 4 rings (SSSR count). The molecule has 0 radical (unpaired) electrons. The molecule has 1 heterocycles. The van der Waals surface area contributed by atoms with Crippen LogP contribution in [0.5, 0.6) is 0 Å². The molecule has 4 aliphatic rings. The van der Waals surface area contributed by atoms with Crippen LogP contribution in [0.2, 0.25) is 0 Å². The molecule has 2 amide bonds. The summed E-state index contributed by atoms with van der Waals surface area (Å²) >= 11 is 0. The van der Waals surface area contributed by atoms with E-state index in [1.165, 1.54) is 38.5 Å². The van der Waals surface area contributed by atoms with Crippen LogP contribution in [0.25, 0.3) is 0 Å². The number of fused-ring (bicyclic) bond motifs is 5. The highest BCUT2D eigenvalue weighted by Gasteiger charge is 2.62. The smallest absolute Gasteiger partial charge is 0.245 e. The highest BCUT2D eigenvalue weighted by Crippen LogP contribution is 2.66. The summed E-state index contributed by atoms with van der Waals surface area (Å²) in [7, 11) is 1.98. The predicted octanol–water partition coefficient (Wildman–Crippen LogP) is 5.02. The summed E-state index contributed by atoms with van der Waals surface area (Å²) in [6, 6.07) is -0.0521. The topological polar surface area (TPSA) is 49.4 Å². The average Bonchev–Trinajstić information content (AvgIpc) is 3.01. The summed E-state index contributed by atoms with van der Waals surface area (Å²) in [5.74, 6) is 3.31. The van der Waals surface area contributed by atoms with Gasteiger partial charge in [-0.3, -0.25) is 9.59 Å². The van der Waals surface area contributed by atoms with Crippen molar-refractivity contribution < 1.29 is 9.59 Å². The van der Waals surface area contributed by atoms with Crippen LogP contribution in [0.3, 0.4) is 0 Å². The molecule has 4 fully saturated rings. The summed E-state index contributed by atoms with van der Waals surface area (Å²) in [6.07, 6.45) is 9.98. The van der Waals surface area contributed by atoms with Crippen molar-refractivity contribution in [3.05, 3.63) is 0 Å². The Morgan fingerprint density at radius 2 is 1.73 bits per heavy atom. The Bertz CT molecular complexity index is 712. The number of likely N-dealkylation sites (N-methyl/N-ethyl adjacent to an activating group) is 1. The first-order chi connectivity index (χ1) is 13.9. The summed E-state index contributed by atoms with van der Waals surface area (Å²) in [5.41, 5.74) is 0.153. The Morgan fingerprint density at radius 3 is 2.37 bits per heavy atom. The molecule has 3 aliphatic carbocycles. The predicted molar refractivity (Wildman–Crippen MR) is 121 cm³/mol. The van der Waals surface area contributed by atoms with Crippen molar-refractivity contribution in [1.82, 2.24) is 10.2 Å². The van der Waals surface area contributed by atoms with Crippen LogP contribution in [0.4, 0.5) is 0 Å². The van der Waals surface area contributed by atoms with E-state index in [9.17, 15) is 9.59 Å². The average molecular weight is 417 g/mol. The lowest BCUT2D eigenvalue weighted by Crippen LogP contribution is -2.67. The fraction of sp³-hybridized carbons (Fsp3) is 0.923. The van der Waals surface area contributed by atoms with Crippen LogP contribution in [0.15, 0.2) is 0 Å². The molecule has 1 unspecified atom stereocenters. The van der Waals surface area contributed by atoms with Crippen LogP contribution in [-0.4, -0.2) is 35.8 Å². The van der Waals surface area contributed by atoms with Gasteiger partial charge in [-0.05, 0) is 79.4 Å². The minimum absolute atomic E-state index is 0.0125. The van der Waals surface area contributed by atoms with E-state index in [2.05, 4.69) is 26.1 Å². The van der Waals surface area contributed by atoms with Gasteiger partial charge in [0.15, 0.2) is 0 Å². The lowest BCUT2D eigenvalue weighted by molar-refractivity contribution is -0.164. The van der Waals surface area contributed by atoms with Gasteiger partial charge in [0.1, 0.15) is 6.04 Å². The van der Waals surface area contributed by atoms with Crippen molar-refractivity contribution in [1.29, 1.82) is 0 Å². The quantitative estimate of drug-likeness (QED) is 0.687. The van der Waals surface area contributed by atoms with E-state index >= 15 is 0 Å². The Kier molecular flexibility index (Phi) is 5.34. The number of rotatable bonds is 2. The van der Waals surface area contributed by atoms with Gasteiger partial charge in [-0.15, -0.1) is 0 Å². The summed E-state index contributed by atoms with van der Waals surface area (Å²) in [6.45, 7) is 13.2. The summed E-state index contributed by atoms with van der Waals surface area (Å²) in [4.78, 5) is 27.9. The first-order valence-electron chi connectivity index (χ1n) is 12.5. The van der Waals surface area contributed by atoms with Gasteiger partial charge in [0.05, 0.1) is 0 Å². The molecule has 4 nitrogen and oxygen atoms in total. The van der Waals surface area contributed by atoms with Crippen LogP contribution < -0.4 is 5.32 Å². The third-order valence-corrected chi connectivity index (χ3v) is 10.3. The second-order valence-corrected chi connectivity index (χ2v) is 12.6. The maximum absolute atomic E-state index is 13.2. The standard InChI is InChI=1S/C26H44N2O2/c1-8-16-9-11-18-17-10-12-21-26(6,19(17)13-14-25(16,18)5)15-20(22(29)28(21)7)27-23(30)24(2,3)4/h16-21H,8-15H2,1-7H3,(H,27,30)/t16-,17-,18-,19-,20?,21+,25+,26+/m0/s1. The van der Waals surface area contributed by atoms with Crippen LogP contribution in [0, 0.1) is 39.9 Å². The van der Waals surface area contributed by atoms with E-state index < -0.39 is 5.41 Å². The first-order valence-corrected chi connectivity index (χ1v) is 12.5. The molecule has 4 heteroatoms. The van der Waals surface area contributed by atoms with Gasteiger partial charge in [0.2, 0.25) is 11.8 Å². The Labute approximate surface area is 183 Å². The molecule has 1 aliphatic heterocycles. The van der Waals surface area contributed by atoms with E-state index in [1.54, 1.807) is 0 Å². The zero-order valence-electron chi connectivity index (χ0n) is 20.4. The van der Waals surface area contributed by atoms with Crippen LogP contribution in [-0.2, 0) is 9.59 Å². The zero-order valence-corrected chi connectivity index (χ0v) is 20.4. The van der Waals surface area contributed by atoms with Crippen LogP contribution >= 0.6 is 0 Å². The lowest BCUT2D eigenvalue weighted by Gasteiger charge is -2.62. The molecule has 0 bridgehead atoms. The monoisotopic (exact) mass is 416 g/mol. The van der Waals surface area contributed by atoms with Crippen molar-refractivity contribution >= 4 is 11.8 Å². The van der Waals surface area contributed by atoms with Gasteiger partial charge in [-0.25, -0.2) is 0 Å². The molecule has 0 aromatic carbocycles. The number of hydrogen-bond acceptors (Lipinski definition) is 2. The first kappa shape index (κ1) is 22.1. The Morgan fingerprint density at radius 1 is 1.07 bits per heavy atom. The van der Waals surface area contributed by atoms with Crippen molar-refractivity contribution in [3.8, 4) is 0 Å². The molecule has 1 N–H and O–H groups in total. The molecule has 0 spiro atoms. The highest BCUT2D eigenvalue weighted by atomic mass is 16.2. The van der Waals surface area contributed by atoms with Gasteiger partial charge >= 0.3 is 0 Å². The Hall–Kier alpha value is -1.06. The molecule has 1 saturated heterocycles. The van der Waals surface area contributed by atoms with E-state index in [4.69, 9.17) is 0 Å².